The number of rotatable bonds is 4. The van der Waals surface area contributed by atoms with Crippen LogP contribution in [0, 0.1) is 0 Å². The van der Waals surface area contributed by atoms with Crippen LogP contribution >= 0.6 is 11.3 Å². The number of hydrogen-bond donors (Lipinski definition) is 0. The zero-order chi connectivity index (χ0) is 11.5. The second kappa shape index (κ2) is 4.61. The van der Waals surface area contributed by atoms with Crippen molar-refractivity contribution in [2.45, 2.75) is 26.7 Å². The maximum absolute atomic E-state index is 10.6. The van der Waals surface area contributed by atoms with Crippen molar-refractivity contribution in [3.05, 3.63) is 34.5 Å². The summed E-state index contributed by atoms with van der Waals surface area (Å²) in [6.07, 6.45) is 2.76. The first-order valence-corrected chi connectivity index (χ1v) is 6.23. The Morgan fingerprint density at radius 1 is 1.38 bits per heavy atom. The molecule has 0 saturated heterocycles. The zero-order valence-corrected chi connectivity index (χ0v) is 10.3. The monoisotopic (exact) mass is 234 g/mol. The van der Waals surface area contributed by atoms with Gasteiger partial charge in [0.15, 0.2) is 6.29 Å². The minimum Gasteiger partial charge on any atom is -0.297 e. The minimum absolute atomic E-state index is 0.741. The van der Waals surface area contributed by atoms with Crippen LogP contribution in [0.25, 0.3) is 5.00 Å². The van der Waals surface area contributed by atoms with Gasteiger partial charge in [0.25, 0.3) is 0 Å². The number of nitrogens with zero attached hydrogens (tertiary/aromatic N) is 2. The highest BCUT2D eigenvalue weighted by molar-refractivity contribution is 7.16. The number of carbonyl (C=O) groups excluding carboxylic acids is 1. The molecule has 0 N–H and O–H groups in total. The highest BCUT2D eigenvalue weighted by Gasteiger charge is 2.09. The largest absolute Gasteiger partial charge is 0.297 e. The van der Waals surface area contributed by atoms with Gasteiger partial charge < -0.3 is 0 Å². The van der Waals surface area contributed by atoms with E-state index in [9.17, 15) is 4.79 Å². The molecule has 2 heterocycles. The fourth-order valence-corrected chi connectivity index (χ4v) is 2.42. The second-order valence-electron chi connectivity index (χ2n) is 3.54. The Labute approximate surface area is 98.7 Å². The molecule has 0 unspecified atom stereocenters. The summed E-state index contributed by atoms with van der Waals surface area (Å²) in [5, 5.41) is 5.54. The van der Waals surface area contributed by atoms with Gasteiger partial charge in [0, 0.05) is 5.69 Å². The van der Waals surface area contributed by atoms with Crippen molar-refractivity contribution in [3.63, 3.8) is 0 Å². The molecule has 0 aliphatic carbocycles. The maximum Gasteiger partial charge on any atom is 0.160 e. The first-order valence-electron chi connectivity index (χ1n) is 5.41. The molecule has 0 fully saturated rings. The number of aldehydes is 1. The molecule has 0 atom stereocenters. The van der Waals surface area contributed by atoms with Crippen molar-refractivity contribution in [3.8, 4) is 5.00 Å². The van der Waals surface area contributed by atoms with Crippen LogP contribution in [0.4, 0.5) is 0 Å². The summed E-state index contributed by atoms with van der Waals surface area (Å²) >= 11 is 1.47. The molecule has 0 saturated carbocycles. The van der Waals surface area contributed by atoms with Gasteiger partial charge in [-0.25, -0.2) is 4.68 Å². The molecule has 84 valence electrons. The van der Waals surface area contributed by atoms with Crippen molar-refractivity contribution < 1.29 is 4.79 Å². The van der Waals surface area contributed by atoms with Crippen LogP contribution in [-0.4, -0.2) is 16.1 Å². The van der Waals surface area contributed by atoms with Crippen molar-refractivity contribution >= 4 is 17.6 Å². The van der Waals surface area contributed by atoms with E-state index in [0.29, 0.717) is 0 Å². The van der Waals surface area contributed by atoms with Crippen LogP contribution in [0.15, 0.2) is 18.2 Å². The molecule has 0 spiro atoms. The maximum atomic E-state index is 10.6. The van der Waals surface area contributed by atoms with Crippen LogP contribution in [0.2, 0.25) is 0 Å². The van der Waals surface area contributed by atoms with E-state index in [2.05, 4.69) is 25.0 Å². The summed E-state index contributed by atoms with van der Waals surface area (Å²) in [4.78, 5) is 11.4. The molecule has 0 radical (unpaired) electrons. The van der Waals surface area contributed by atoms with Crippen molar-refractivity contribution in [2.24, 2.45) is 0 Å². The van der Waals surface area contributed by atoms with Gasteiger partial charge in [0.05, 0.1) is 10.6 Å². The lowest BCUT2D eigenvalue weighted by Gasteiger charge is -2.00. The van der Waals surface area contributed by atoms with Gasteiger partial charge in [-0.15, -0.1) is 11.3 Å². The van der Waals surface area contributed by atoms with Crippen molar-refractivity contribution in [2.75, 3.05) is 0 Å². The summed E-state index contributed by atoms with van der Waals surface area (Å²) in [6, 6.07) is 5.90. The second-order valence-corrected chi connectivity index (χ2v) is 4.63. The van der Waals surface area contributed by atoms with Gasteiger partial charge >= 0.3 is 0 Å². The summed E-state index contributed by atoms with van der Waals surface area (Å²) in [6.45, 7) is 4.21. The number of carbonyl (C=O) groups is 1. The van der Waals surface area contributed by atoms with Gasteiger partial charge in [-0.3, -0.25) is 4.79 Å². The Kier molecular flexibility index (Phi) is 3.19. The number of aromatic nitrogens is 2. The Hall–Kier alpha value is -1.42. The van der Waals surface area contributed by atoms with Crippen LogP contribution < -0.4 is 0 Å². The molecule has 16 heavy (non-hydrogen) atoms. The Morgan fingerprint density at radius 3 is 2.75 bits per heavy atom. The molecule has 0 aromatic carbocycles. The number of aryl methyl sites for hydroxylation is 2. The molecule has 0 bridgehead atoms. The molecule has 2 rings (SSSR count). The van der Waals surface area contributed by atoms with Crippen LogP contribution in [0.3, 0.4) is 0 Å². The lowest BCUT2D eigenvalue weighted by atomic mass is 10.3. The van der Waals surface area contributed by atoms with Gasteiger partial charge in [-0.1, -0.05) is 13.8 Å². The molecule has 0 aliphatic rings. The summed E-state index contributed by atoms with van der Waals surface area (Å²) in [7, 11) is 0. The molecule has 2 aromatic rings. The minimum atomic E-state index is 0.741. The fourth-order valence-electron chi connectivity index (χ4n) is 1.61. The summed E-state index contributed by atoms with van der Waals surface area (Å²) in [5.41, 5.74) is 2.29. The van der Waals surface area contributed by atoms with Gasteiger partial charge in [0.1, 0.15) is 5.00 Å². The first kappa shape index (κ1) is 11.1. The SMILES string of the molecule is CCc1cc(CC)n(-c2ccc(C=O)s2)n1. The van der Waals surface area contributed by atoms with Gasteiger partial charge in [0.2, 0.25) is 0 Å². The van der Waals surface area contributed by atoms with E-state index < -0.39 is 0 Å². The summed E-state index contributed by atoms with van der Waals surface area (Å²) < 4.78 is 1.94. The van der Waals surface area contributed by atoms with E-state index in [0.717, 1.165) is 34.7 Å². The van der Waals surface area contributed by atoms with Crippen LogP contribution in [-0.2, 0) is 12.8 Å². The highest BCUT2D eigenvalue weighted by atomic mass is 32.1. The van der Waals surface area contributed by atoms with Gasteiger partial charge in [-0.05, 0) is 31.0 Å². The molecular weight excluding hydrogens is 220 g/mol. The quantitative estimate of drug-likeness (QED) is 0.762. The molecule has 4 heteroatoms. The number of hydrogen-bond acceptors (Lipinski definition) is 3. The smallest absolute Gasteiger partial charge is 0.160 e. The van der Waals surface area contributed by atoms with E-state index in [-0.39, 0.29) is 0 Å². The molecular formula is C12H14N2OS. The lowest BCUT2D eigenvalue weighted by molar-refractivity contribution is 0.112. The van der Waals surface area contributed by atoms with Crippen molar-refractivity contribution in [1.82, 2.24) is 9.78 Å². The Balaban J connectivity index is 2.45. The molecule has 3 nitrogen and oxygen atoms in total. The zero-order valence-electron chi connectivity index (χ0n) is 9.43. The van der Waals surface area contributed by atoms with E-state index in [1.54, 1.807) is 0 Å². The van der Waals surface area contributed by atoms with E-state index >= 15 is 0 Å². The lowest BCUT2D eigenvalue weighted by Crippen LogP contribution is -1.98. The van der Waals surface area contributed by atoms with E-state index in [1.165, 1.54) is 17.0 Å². The number of thiophene rings is 1. The van der Waals surface area contributed by atoms with Crippen LogP contribution in [0.1, 0.15) is 34.9 Å². The van der Waals surface area contributed by atoms with Gasteiger partial charge in [-0.2, -0.15) is 5.10 Å². The Morgan fingerprint density at radius 2 is 2.19 bits per heavy atom. The predicted octanol–water partition coefficient (Wildman–Crippen LogP) is 2.87. The fraction of sp³-hybridized carbons (Fsp3) is 0.333. The van der Waals surface area contributed by atoms with E-state index in [1.807, 2.05) is 16.8 Å². The van der Waals surface area contributed by atoms with Crippen molar-refractivity contribution in [1.29, 1.82) is 0 Å². The molecule has 0 amide bonds. The predicted molar refractivity (Wildman–Crippen MR) is 65.6 cm³/mol. The molecule has 2 aromatic heterocycles. The average Bonchev–Trinajstić information content (AvgIpc) is 2.94. The molecule has 0 aliphatic heterocycles. The topological polar surface area (TPSA) is 34.9 Å². The third-order valence-electron chi connectivity index (χ3n) is 2.50. The average molecular weight is 234 g/mol. The van der Waals surface area contributed by atoms with E-state index in [4.69, 9.17) is 0 Å². The third-order valence-corrected chi connectivity index (χ3v) is 3.48. The highest BCUT2D eigenvalue weighted by Crippen LogP contribution is 2.21. The standard InChI is InChI=1S/C12H14N2OS/c1-3-9-7-10(4-2)14(13-9)12-6-5-11(8-15)16-12/h5-8H,3-4H2,1-2H3. The Bertz CT molecular complexity index is 499. The normalized spacial score (nSPS) is 10.6. The first-order chi connectivity index (χ1) is 7.78. The summed E-state index contributed by atoms with van der Waals surface area (Å²) in [5.74, 6) is 0. The van der Waals surface area contributed by atoms with Crippen LogP contribution in [0.5, 0.6) is 0 Å². The third kappa shape index (κ3) is 1.93.